The van der Waals surface area contributed by atoms with Crippen molar-refractivity contribution in [1.29, 1.82) is 0 Å². The van der Waals surface area contributed by atoms with Crippen molar-refractivity contribution in [2.45, 2.75) is 12.5 Å². The van der Waals surface area contributed by atoms with E-state index in [1.54, 1.807) is 0 Å². The minimum atomic E-state index is -0.336. The van der Waals surface area contributed by atoms with Crippen LogP contribution < -0.4 is 5.73 Å². The first-order valence-electron chi connectivity index (χ1n) is 3.77. The molecular weight excluding hydrogens is 158 g/mol. The zero-order valence-corrected chi connectivity index (χ0v) is 6.68. The molecule has 1 atom stereocenters. The fourth-order valence-corrected chi connectivity index (χ4v) is 1.34. The second kappa shape index (κ2) is 3.94. The Kier molecular flexibility index (Phi) is 2.90. The van der Waals surface area contributed by atoms with Crippen LogP contribution in [0.4, 0.5) is 0 Å². The topological polar surface area (TPSA) is 95.1 Å². The number of hydrogen-bond acceptors (Lipinski definition) is 3. The van der Waals surface area contributed by atoms with E-state index in [2.05, 4.69) is 10.0 Å². The molecular formula is C6H11N5O. The molecule has 1 rings (SSSR count). The molecule has 1 unspecified atom stereocenters. The first-order chi connectivity index (χ1) is 5.72. The molecule has 0 aromatic rings. The number of nitrogens with two attached hydrogens (primary N) is 1. The van der Waals surface area contributed by atoms with Crippen LogP contribution in [0.3, 0.4) is 0 Å². The van der Waals surface area contributed by atoms with Gasteiger partial charge in [-0.3, -0.25) is 9.69 Å². The first kappa shape index (κ1) is 8.83. The predicted octanol–water partition coefficient (Wildman–Crippen LogP) is -0.144. The minimum absolute atomic E-state index is 0.00866. The van der Waals surface area contributed by atoms with Gasteiger partial charge in [-0.2, -0.15) is 0 Å². The average Bonchev–Trinajstić information content (AvgIpc) is 2.36. The zero-order chi connectivity index (χ0) is 8.97. The van der Waals surface area contributed by atoms with E-state index in [1.807, 2.05) is 4.90 Å². The van der Waals surface area contributed by atoms with Crippen molar-refractivity contribution in [3.63, 3.8) is 0 Å². The molecule has 0 aliphatic carbocycles. The van der Waals surface area contributed by atoms with Gasteiger partial charge in [-0.05, 0) is 18.5 Å². The normalized spacial score (nSPS) is 23.5. The van der Waals surface area contributed by atoms with Crippen molar-refractivity contribution in [1.82, 2.24) is 4.90 Å². The van der Waals surface area contributed by atoms with Gasteiger partial charge >= 0.3 is 0 Å². The van der Waals surface area contributed by atoms with Crippen LogP contribution in [0.1, 0.15) is 6.42 Å². The molecule has 0 aromatic carbocycles. The molecule has 6 heteroatoms. The molecule has 0 spiro atoms. The van der Waals surface area contributed by atoms with E-state index in [9.17, 15) is 4.79 Å². The van der Waals surface area contributed by atoms with Crippen LogP contribution in [0.25, 0.3) is 10.4 Å². The van der Waals surface area contributed by atoms with E-state index in [-0.39, 0.29) is 18.5 Å². The zero-order valence-electron chi connectivity index (χ0n) is 6.68. The smallest absolute Gasteiger partial charge is 0.231 e. The second-order valence-electron chi connectivity index (χ2n) is 2.85. The number of nitrogens with zero attached hydrogens (tertiary/aromatic N) is 4. The SMILES string of the molecule is [N-]=[N+]=NC1CCN(CC(N)=O)C1. The molecule has 1 amide bonds. The molecule has 0 bridgehead atoms. The van der Waals surface area contributed by atoms with E-state index in [0.29, 0.717) is 6.54 Å². The molecule has 12 heavy (non-hydrogen) atoms. The molecule has 66 valence electrons. The highest BCUT2D eigenvalue weighted by Crippen LogP contribution is 2.11. The lowest BCUT2D eigenvalue weighted by atomic mass is 10.3. The summed E-state index contributed by atoms with van der Waals surface area (Å²) in [6.45, 7) is 1.69. The van der Waals surface area contributed by atoms with E-state index < -0.39 is 0 Å². The summed E-state index contributed by atoms with van der Waals surface area (Å²) in [5, 5.41) is 3.57. The lowest BCUT2D eigenvalue weighted by Crippen LogP contribution is -2.32. The third-order valence-corrected chi connectivity index (χ3v) is 1.84. The highest BCUT2D eigenvalue weighted by molar-refractivity contribution is 5.75. The minimum Gasteiger partial charge on any atom is -0.369 e. The average molecular weight is 169 g/mol. The molecule has 1 aliphatic rings. The number of rotatable bonds is 3. The summed E-state index contributed by atoms with van der Waals surface area (Å²) in [5.41, 5.74) is 13.2. The number of primary amides is 1. The van der Waals surface area contributed by atoms with Gasteiger partial charge in [-0.15, -0.1) is 0 Å². The Morgan fingerprint density at radius 3 is 3.17 bits per heavy atom. The van der Waals surface area contributed by atoms with Gasteiger partial charge in [0.1, 0.15) is 0 Å². The summed E-state index contributed by atoms with van der Waals surface area (Å²) in [4.78, 5) is 15.1. The van der Waals surface area contributed by atoms with Crippen molar-refractivity contribution in [3.05, 3.63) is 10.4 Å². The Balaban J connectivity index is 2.35. The van der Waals surface area contributed by atoms with Crippen molar-refractivity contribution in [2.24, 2.45) is 10.8 Å². The van der Waals surface area contributed by atoms with E-state index in [4.69, 9.17) is 11.3 Å². The lowest BCUT2D eigenvalue weighted by molar-refractivity contribution is -0.118. The van der Waals surface area contributed by atoms with Crippen LogP contribution >= 0.6 is 0 Å². The van der Waals surface area contributed by atoms with E-state index in [1.165, 1.54) is 0 Å². The summed E-state index contributed by atoms with van der Waals surface area (Å²) >= 11 is 0. The van der Waals surface area contributed by atoms with Gasteiger partial charge in [0.05, 0.1) is 12.6 Å². The molecule has 2 N–H and O–H groups in total. The lowest BCUT2D eigenvalue weighted by Gasteiger charge is -2.11. The van der Waals surface area contributed by atoms with Crippen molar-refractivity contribution in [3.8, 4) is 0 Å². The number of amides is 1. The monoisotopic (exact) mass is 169 g/mol. The highest BCUT2D eigenvalue weighted by Gasteiger charge is 2.21. The standard InChI is InChI=1S/C6H11N5O/c7-6(12)4-11-2-1-5(3-11)9-10-8/h5H,1-4H2,(H2,7,12). The van der Waals surface area contributed by atoms with Gasteiger partial charge in [0.2, 0.25) is 5.91 Å². The number of hydrogen-bond donors (Lipinski definition) is 1. The summed E-state index contributed by atoms with van der Waals surface area (Å²) < 4.78 is 0. The van der Waals surface area contributed by atoms with Gasteiger partial charge in [-0.25, -0.2) is 0 Å². The van der Waals surface area contributed by atoms with Gasteiger partial charge < -0.3 is 5.73 Å². The van der Waals surface area contributed by atoms with E-state index in [0.717, 1.165) is 13.0 Å². The van der Waals surface area contributed by atoms with Crippen LogP contribution in [0.2, 0.25) is 0 Å². The summed E-state index contributed by atoms with van der Waals surface area (Å²) in [7, 11) is 0. The molecule has 1 fully saturated rings. The largest absolute Gasteiger partial charge is 0.369 e. The fraction of sp³-hybridized carbons (Fsp3) is 0.833. The Morgan fingerprint density at radius 1 is 1.83 bits per heavy atom. The van der Waals surface area contributed by atoms with Crippen molar-refractivity contribution >= 4 is 5.91 Å². The fourth-order valence-electron chi connectivity index (χ4n) is 1.34. The van der Waals surface area contributed by atoms with Gasteiger partial charge in [-0.1, -0.05) is 5.11 Å². The Bertz CT molecular complexity index is 222. The van der Waals surface area contributed by atoms with Gasteiger partial charge in [0, 0.05) is 11.5 Å². The highest BCUT2D eigenvalue weighted by atomic mass is 16.1. The third kappa shape index (κ3) is 2.41. The maximum absolute atomic E-state index is 10.5. The van der Waals surface area contributed by atoms with Crippen LogP contribution in [-0.4, -0.2) is 36.5 Å². The molecule has 1 saturated heterocycles. The molecule has 0 aromatic heterocycles. The predicted molar refractivity (Wildman–Crippen MR) is 43.2 cm³/mol. The number of carbonyl (C=O) groups excluding carboxylic acids is 1. The molecule has 0 radical (unpaired) electrons. The number of carbonyl (C=O) groups is 1. The van der Waals surface area contributed by atoms with Crippen LogP contribution in [0.5, 0.6) is 0 Å². The second-order valence-corrected chi connectivity index (χ2v) is 2.85. The summed E-state index contributed by atoms with van der Waals surface area (Å²) in [6, 6.07) is 0.00866. The first-order valence-corrected chi connectivity index (χ1v) is 3.77. The van der Waals surface area contributed by atoms with Gasteiger partial charge in [0.15, 0.2) is 0 Å². The maximum atomic E-state index is 10.5. The maximum Gasteiger partial charge on any atom is 0.231 e. The quantitative estimate of drug-likeness (QED) is 0.361. The molecule has 1 aliphatic heterocycles. The van der Waals surface area contributed by atoms with Gasteiger partial charge in [0.25, 0.3) is 0 Å². The summed E-state index contributed by atoms with van der Waals surface area (Å²) in [6.07, 6.45) is 0.817. The van der Waals surface area contributed by atoms with E-state index >= 15 is 0 Å². The Labute approximate surface area is 70.0 Å². The van der Waals surface area contributed by atoms with Crippen molar-refractivity contribution in [2.75, 3.05) is 19.6 Å². The van der Waals surface area contributed by atoms with Crippen molar-refractivity contribution < 1.29 is 4.79 Å². The summed E-state index contributed by atoms with van der Waals surface area (Å²) in [5.74, 6) is -0.336. The van der Waals surface area contributed by atoms with Crippen LogP contribution in [0.15, 0.2) is 5.11 Å². The molecule has 0 saturated carbocycles. The van der Waals surface area contributed by atoms with Crippen LogP contribution in [-0.2, 0) is 4.79 Å². The molecule has 6 nitrogen and oxygen atoms in total. The third-order valence-electron chi connectivity index (χ3n) is 1.84. The Morgan fingerprint density at radius 2 is 2.58 bits per heavy atom. The van der Waals surface area contributed by atoms with Crippen LogP contribution in [0, 0.1) is 0 Å². The number of azide groups is 1. The Hall–Kier alpha value is -1.26. The molecule has 1 heterocycles. The number of likely N-dealkylation sites (tertiary alicyclic amines) is 1.